The van der Waals surface area contributed by atoms with Gasteiger partial charge in [0.1, 0.15) is 5.69 Å². The number of anilines is 1. The summed E-state index contributed by atoms with van der Waals surface area (Å²) in [5.41, 5.74) is 3.73. The summed E-state index contributed by atoms with van der Waals surface area (Å²) in [7, 11) is 3.13. The molecule has 0 atom stereocenters. The predicted molar refractivity (Wildman–Crippen MR) is 121 cm³/mol. The van der Waals surface area contributed by atoms with Gasteiger partial charge in [0.25, 0.3) is 5.91 Å². The molecule has 4 rings (SSSR count). The van der Waals surface area contributed by atoms with Gasteiger partial charge in [0.05, 0.1) is 26.3 Å². The molecule has 6 nitrogen and oxygen atoms in total. The van der Waals surface area contributed by atoms with Gasteiger partial charge < -0.3 is 14.8 Å². The number of nitrogens with zero attached hydrogens (tertiary/aromatic N) is 2. The Morgan fingerprint density at radius 3 is 2.26 bits per heavy atom. The fourth-order valence-corrected chi connectivity index (χ4v) is 3.36. The van der Waals surface area contributed by atoms with Gasteiger partial charge in [0, 0.05) is 23.5 Å². The minimum absolute atomic E-state index is 0.245. The Morgan fingerprint density at radius 2 is 1.58 bits per heavy atom. The van der Waals surface area contributed by atoms with Gasteiger partial charge in [-0.05, 0) is 17.7 Å². The van der Waals surface area contributed by atoms with Crippen LogP contribution in [0, 0.1) is 0 Å². The summed E-state index contributed by atoms with van der Waals surface area (Å²) in [5, 5.41) is 7.65. The molecule has 0 aliphatic rings. The number of hydrogen-bond donors (Lipinski definition) is 1. The lowest BCUT2D eigenvalue weighted by Crippen LogP contribution is -2.12. The van der Waals surface area contributed by atoms with Gasteiger partial charge >= 0.3 is 0 Å². The molecule has 0 unspecified atom stereocenters. The van der Waals surface area contributed by atoms with Gasteiger partial charge in [-0.25, -0.2) is 0 Å². The number of ether oxygens (including phenoxy) is 2. The van der Waals surface area contributed by atoms with E-state index in [0.29, 0.717) is 35.0 Å². The number of nitrogens with one attached hydrogen (secondary N) is 1. The quantitative estimate of drug-likeness (QED) is 0.470. The molecule has 0 spiro atoms. The molecule has 0 fully saturated rings. The molecule has 4 aromatic rings. The lowest BCUT2D eigenvalue weighted by atomic mass is 10.1. The van der Waals surface area contributed by atoms with Crippen molar-refractivity contribution in [1.29, 1.82) is 0 Å². The molecule has 156 valence electrons. The Morgan fingerprint density at radius 1 is 0.903 bits per heavy atom. The normalized spacial score (nSPS) is 10.5. The Kier molecular flexibility index (Phi) is 5.98. The topological polar surface area (TPSA) is 65.4 Å². The third-order valence-corrected chi connectivity index (χ3v) is 4.88. The third kappa shape index (κ3) is 4.59. The van der Waals surface area contributed by atoms with E-state index < -0.39 is 0 Å². The molecular formula is C25H23N3O3. The van der Waals surface area contributed by atoms with Gasteiger partial charge in [-0.1, -0.05) is 60.7 Å². The number of amides is 1. The second-order valence-electron chi connectivity index (χ2n) is 6.96. The predicted octanol–water partition coefficient (Wildman–Crippen LogP) is 4.87. The molecule has 0 aliphatic heterocycles. The van der Waals surface area contributed by atoms with E-state index in [0.717, 1.165) is 11.1 Å². The molecule has 1 N–H and O–H groups in total. The van der Waals surface area contributed by atoms with E-state index in [1.165, 1.54) is 0 Å². The SMILES string of the molecule is COc1ccc(NC(=O)c2cn(Cc3ccccc3)nc2-c2ccccc2)cc1OC. The summed E-state index contributed by atoms with van der Waals surface area (Å²) in [5.74, 6) is 0.898. The van der Waals surface area contributed by atoms with Crippen LogP contribution in [0.4, 0.5) is 5.69 Å². The van der Waals surface area contributed by atoms with Crippen molar-refractivity contribution in [3.05, 3.63) is 96.2 Å². The number of methoxy groups -OCH3 is 2. The van der Waals surface area contributed by atoms with Crippen molar-refractivity contribution in [1.82, 2.24) is 9.78 Å². The fraction of sp³-hybridized carbons (Fsp3) is 0.120. The summed E-state index contributed by atoms with van der Waals surface area (Å²) in [6.45, 7) is 0.574. The highest BCUT2D eigenvalue weighted by Gasteiger charge is 2.19. The van der Waals surface area contributed by atoms with Crippen molar-refractivity contribution in [3.8, 4) is 22.8 Å². The largest absolute Gasteiger partial charge is 0.493 e. The third-order valence-electron chi connectivity index (χ3n) is 4.88. The molecule has 1 aromatic heterocycles. The van der Waals surface area contributed by atoms with Crippen LogP contribution in [0.2, 0.25) is 0 Å². The van der Waals surface area contributed by atoms with Gasteiger partial charge in [0.2, 0.25) is 0 Å². The standard InChI is InChI=1S/C25H23N3O3/c1-30-22-14-13-20(15-23(22)31-2)26-25(29)21-17-28(16-18-9-5-3-6-10-18)27-24(21)19-11-7-4-8-12-19/h3-15,17H,16H2,1-2H3,(H,26,29). The Bertz CT molecular complexity index is 1170. The van der Waals surface area contributed by atoms with Crippen LogP contribution >= 0.6 is 0 Å². The minimum Gasteiger partial charge on any atom is -0.493 e. The summed E-state index contributed by atoms with van der Waals surface area (Å²) >= 11 is 0. The zero-order valence-corrected chi connectivity index (χ0v) is 17.4. The van der Waals surface area contributed by atoms with Gasteiger partial charge in [-0.15, -0.1) is 0 Å². The number of carbonyl (C=O) groups is 1. The maximum absolute atomic E-state index is 13.2. The highest BCUT2D eigenvalue weighted by atomic mass is 16.5. The average Bonchev–Trinajstić information content (AvgIpc) is 3.24. The van der Waals surface area contributed by atoms with Crippen LogP contribution in [-0.2, 0) is 6.54 Å². The van der Waals surface area contributed by atoms with E-state index in [9.17, 15) is 4.79 Å². The van der Waals surface area contributed by atoms with Gasteiger partial charge in [0.15, 0.2) is 11.5 Å². The smallest absolute Gasteiger partial charge is 0.259 e. The maximum Gasteiger partial charge on any atom is 0.259 e. The monoisotopic (exact) mass is 413 g/mol. The van der Waals surface area contributed by atoms with Gasteiger partial charge in [-0.2, -0.15) is 5.10 Å². The highest BCUT2D eigenvalue weighted by Crippen LogP contribution is 2.30. The van der Waals surface area contributed by atoms with E-state index in [-0.39, 0.29) is 5.91 Å². The Hall–Kier alpha value is -4.06. The molecule has 1 heterocycles. The lowest BCUT2D eigenvalue weighted by Gasteiger charge is -2.10. The number of aromatic nitrogens is 2. The summed E-state index contributed by atoms with van der Waals surface area (Å²) in [4.78, 5) is 13.2. The Balaban J connectivity index is 1.66. The summed E-state index contributed by atoms with van der Waals surface area (Å²) in [6.07, 6.45) is 1.78. The molecule has 1 amide bonds. The molecule has 6 heteroatoms. The summed E-state index contributed by atoms with van der Waals surface area (Å²) in [6, 6.07) is 25.0. The van der Waals surface area contributed by atoms with Crippen LogP contribution < -0.4 is 14.8 Å². The first-order valence-corrected chi connectivity index (χ1v) is 9.88. The second-order valence-corrected chi connectivity index (χ2v) is 6.96. The van der Waals surface area contributed by atoms with Crippen molar-refractivity contribution in [2.24, 2.45) is 0 Å². The lowest BCUT2D eigenvalue weighted by molar-refractivity contribution is 0.102. The van der Waals surface area contributed by atoms with Crippen molar-refractivity contribution in [2.75, 3.05) is 19.5 Å². The number of carbonyl (C=O) groups excluding carboxylic acids is 1. The molecular weight excluding hydrogens is 390 g/mol. The number of benzene rings is 3. The molecule has 0 radical (unpaired) electrons. The first-order chi connectivity index (χ1) is 15.2. The first kappa shape index (κ1) is 20.2. The zero-order valence-electron chi connectivity index (χ0n) is 17.4. The molecule has 31 heavy (non-hydrogen) atoms. The van der Waals surface area contributed by atoms with Crippen LogP contribution in [0.15, 0.2) is 85.1 Å². The van der Waals surface area contributed by atoms with Crippen molar-refractivity contribution < 1.29 is 14.3 Å². The molecule has 0 bridgehead atoms. The van der Waals surface area contributed by atoms with Crippen molar-refractivity contribution >= 4 is 11.6 Å². The van der Waals surface area contributed by atoms with Crippen LogP contribution in [0.1, 0.15) is 15.9 Å². The van der Waals surface area contributed by atoms with Crippen LogP contribution in [0.25, 0.3) is 11.3 Å². The first-order valence-electron chi connectivity index (χ1n) is 9.88. The van der Waals surface area contributed by atoms with E-state index >= 15 is 0 Å². The van der Waals surface area contributed by atoms with E-state index in [4.69, 9.17) is 14.6 Å². The zero-order chi connectivity index (χ0) is 21.6. The van der Waals surface area contributed by atoms with Crippen molar-refractivity contribution in [2.45, 2.75) is 6.54 Å². The minimum atomic E-state index is -0.245. The highest BCUT2D eigenvalue weighted by molar-refractivity contribution is 6.08. The average molecular weight is 413 g/mol. The number of rotatable bonds is 7. The maximum atomic E-state index is 13.2. The second kappa shape index (κ2) is 9.17. The molecule has 3 aromatic carbocycles. The van der Waals surface area contributed by atoms with Crippen molar-refractivity contribution in [3.63, 3.8) is 0 Å². The molecule has 0 aliphatic carbocycles. The van der Waals surface area contributed by atoms with Crippen LogP contribution in [0.5, 0.6) is 11.5 Å². The summed E-state index contributed by atoms with van der Waals surface area (Å²) < 4.78 is 12.4. The molecule has 0 saturated heterocycles. The van der Waals surface area contributed by atoms with Gasteiger partial charge in [-0.3, -0.25) is 9.48 Å². The van der Waals surface area contributed by atoms with Crippen LogP contribution in [0.3, 0.4) is 0 Å². The van der Waals surface area contributed by atoms with Crippen LogP contribution in [-0.4, -0.2) is 29.9 Å². The molecule has 0 saturated carbocycles. The number of hydrogen-bond acceptors (Lipinski definition) is 4. The van der Waals surface area contributed by atoms with E-state index in [1.54, 1.807) is 43.3 Å². The van der Waals surface area contributed by atoms with E-state index in [2.05, 4.69) is 5.32 Å². The van der Waals surface area contributed by atoms with E-state index in [1.807, 2.05) is 60.7 Å². The Labute approximate surface area is 181 Å². The fourth-order valence-electron chi connectivity index (χ4n) is 3.36.